The lowest BCUT2D eigenvalue weighted by atomic mass is 10.2. The molecule has 2 rings (SSSR count). The molecule has 0 saturated carbocycles. The maximum Gasteiger partial charge on any atom is 0.292 e. The van der Waals surface area contributed by atoms with E-state index in [0.29, 0.717) is 25.4 Å². The highest BCUT2D eigenvalue weighted by atomic mass is 16.5. The van der Waals surface area contributed by atoms with E-state index < -0.39 is 6.10 Å². The summed E-state index contributed by atoms with van der Waals surface area (Å²) in [4.78, 5) is 15.4. The van der Waals surface area contributed by atoms with Gasteiger partial charge >= 0.3 is 0 Å². The van der Waals surface area contributed by atoms with Crippen molar-refractivity contribution in [2.45, 2.75) is 25.5 Å². The van der Waals surface area contributed by atoms with Gasteiger partial charge in [-0.3, -0.25) is 4.79 Å². The monoisotopic (exact) mass is 226 g/mol. The zero-order chi connectivity index (χ0) is 11.5. The Hall–Kier alpha value is -1.47. The average Bonchev–Trinajstić information content (AvgIpc) is 2.85. The van der Waals surface area contributed by atoms with Crippen LogP contribution in [0.3, 0.4) is 0 Å². The van der Waals surface area contributed by atoms with Crippen LogP contribution in [0.5, 0.6) is 0 Å². The zero-order valence-corrected chi connectivity index (χ0v) is 8.93. The van der Waals surface area contributed by atoms with E-state index in [1.54, 1.807) is 0 Å². The number of hydrogen-bond acceptors (Lipinski definition) is 6. The van der Waals surface area contributed by atoms with E-state index in [-0.39, 0.29) is 17.8 Å². The lowest BCUT2D eigenvalue weighted by molar-refractivity contribution is 0.0942. The van der Waals surface area contributed by atoms with Crippen molar-refractivity contribution in [3.8, 4) is 0 Å². The summed E-state index contributed by atoms with van der Waals surface area (Å²) in [5, 5.41) is 18.5. The summed E-state index contributed by atoms with van der Waals surface area (Å²) in [6.45, 7) is 2.83. The van der Waals surface area contributed by atoms with Gasteiger partial charge in [-0.15, -0.1) is 0 Å². The van der Waals surface area contributed by atoms with Crippen molar-refractivity contribution in [1.29, 1.82) is 0 Å². The number of amides is 1. The SMILES string of the molecule is CCNC(=O)c1noc([C@@H]2C[C@@H](O)CN2)n1. The van der Waals surface area contributed by atoms with E-state index >= 15 is 0 Å². The summed E-state index contributed by atoms with van der Waals surface area (Å²) >= 11 is 0. The molecule has 2 atom stereocenters. The first-order chi connectivity index (χ1) is 7.70. The van der Waals surface area contributed by atoms with Gasteiger partial charge in [0.05, 0.1) is 12.1 Å². The number of hydrogen-bond donors (Lipinski definition) is 3. The van der Waals surface area contributed by atoms with Gasteiger partial charge in [-0.25, -0.2) is 0 Å². The number of nitrogens with zero attached hydrogens (tertiary/aromatic N) is 2. The van der Waals surface area contributed by atoms with Gasteiger partial charge in [-0.2, -0.15) is 4.98 Å². The average molecular weight is 226 g/mol. The lowest BCUT2D eigenvalue weighted by Gasteiger charge is -2.01. The fraction of sp³-hybridized carbons (Fsp3) is 0.667. The number of rotatable bonds is 3. The molecule has 7 nitrogen and oxygen atoms in total. The predicted octanol–water partition coefficient (Wildman–Crippen LogP) is -0.785. The molecule has 1 amide bonds. The van der Waals surface area contributed by atoms with E-state index in [2.05, 4.69) is 20.8 Å². The lowest BCUT2D eigenvalue weighted by Crippen LogP contribution is -2.24. The molecule has 7 heteroatoms. The number of carbonyl (C=O) groups is 1. The van der Waals surface area contributed by atoms with Crippen molar-refractivity contribution in [2.75, 3.05) is 13.1 Å². The second kappa shape index (κ2) is 4.58. The molecule has 1 aromatic heterocycles. The van der Waals surface area contributed by atoms with Crippen LogP contribution in [0.2, 0.25) is 0 Å². The third kappa shape index (κ3) is 2.20. The topological polar surface area (TPSA) is 100 Å². The Labute approximate surface area is 92.2 Å². The Morgan fingerprint density at radius 3 is 3.19 bits per heavy atom. The molecule has 1 aromatic rings. The van der Waals surface area contributed by atoms with Crippen molar-refractivity contribution >= 4 is 5.91 Å². The fourth-order valence-corrected chi connectivity index (χ4v) is 1.61. The highest BCUT2D eigenvalue weighted by molar-refractivity contribution is 5.90. The third-order valence-corrected chi connectivity index (χ3v) is 2.39. The maximum atomic E-state index is 11.4. The van der Waals surface area contributed by atoms with Gasteiger partial charge < -0.3 is 20.3 Å². The van der Waals surface area contributed by atoms with E-state index in [9.17, 15) is 9.90 Å². The van der Waals surface area contributed by atoms with Crippen LogP contribution in [-0.4, -0.2) is 40.3 Å². The Bertz CT molecular complexity index is 379. The molecular weight excluding hydrogens is 212 g/mol. The van der Waals surface area contributed by atoms with Crippen molar-refractivity contribution in [2.24, 2.45) is 0 Å². The molecular formula is C9H14N4O3. The summed E-state index contributed by atoms with van der Waals surface area (Å²) in [5.41, 5.74) is 0. The van der Waals surface area contributed by atoms with Gasteiger partial charge in [0, 0.05) is 13.1 Å². The predicted molar refractivity (Wildman–Crippen MR) is 53.7 cm³/mol. The van der Waals surface area contributed by atoms with Crippen LogP contribution in [0.25, 0.3) is 0 Å². The number of β-amino-alcohol motifs (C(OH)–C–C–N with tert-alkyl or cyclic N) is 1. The Morgan fingerprint density at radius 2 is 2.56 bits per heavy atom. The standard InChI is InChI=1S/C9H14N4O3/c1-2-10-8(15)7-12-9(16-13-7)6-3-5(14)4-11-6/h5-6,11,14H,2-4H2,1H3,(H,10,15)/t5-,6+/m1/s1. The van der Waals surface area contributed by atoms with Crippen LogP contribution in [0.4, 0.5) is 0 Å². The quantitative estimate of drug-likeness (QED) is 0.624. The normalized spacial score (nSPS) is 24.6. The van der Waals surface area contributed by atoms with Crippen LogP contribution in [0.1, 0.15) is 35.9 Å². The first-order valence-corrected chi connectivity index (χ1v) is 5.24. The van der Waals surface area contributed by atoms with Crippen molar-refractivity contribution in [3.63, 3.8) is 0 Å². The van der Waals surface area contributed by atoms with Crippen LogP contribution < -0.4 is 10.6 Å². The van der Waals surface area contributed by atoms with E-state index in [1.165, 1.54) is 0 Å². The first-order valence-electron chi connectivity index (χ1n) is 5.24. The summed E-state index contributed by atoms with van der Waals surface area (Å²) in [5.74, 6) is 0.0221. The highest BCUT2D eigenvalue weighted by Gasteiger charge is 2.28. The van der Waals surface area contributed by atoms with E-state index in [4.69, 9.17) is 4.52 Å². The molecule has 1 aliphatic rings. The molecule has 2 heterocycles. The van der Waals surface area contributed by atoms with Gasteiger partial charge in [0.1, 0.15) is 0 Å². The molecule has 0 radical (unpaired) electrons. The van der Waals surface area contributed by atoms with E-state index in [0.717, 1.165) is 0 Å². The minimum absolute atomic E-state index is 0.0278. The first kappa shape index (κ1) is 11.0. The molecule has 3 N–H and O–H groups in total. The van der Waals surface area contributed by atoms with E-state index in [1.807, 2.05) is 6.92 Å². The van der Waals surface area contributed by atoms with Gasteiger partial charge in [-0.05, 0) is 13.3 Å². The third-order valence-electron chi connectivity index (χ3n) is 2.39. The van der Waals surface area contributed by atoms with Crippen molar-refractivity contribution < 1.29 is 14.4 Å². The molecule has 0 aromatic carbocycles. The Kier molecular flexibility index (Phi) is 3.16. The molecule has 88 valence electrons. The Morgan fingerprint density at radius 1 is 1.75 bits per heavy atom. The molecule has 0 aliphatic carbocycles. The second-order valence-corrected chi connectivity index (χ2v) is 3.67. The van der Waals surface area contributed by atoms with Crippen molar-refractivity contribution in [1.82, 2.24) is 20.8 Å². The fourth-order valence-electron chi connectivity index (χ4n) is 1.61. The summed E-state index contributed by atoms with van der Waals surface area (Å²) in [6, 6.07) is -0.161. The van der Waals surface area contributed by atoms with Gasteiger partial charge in [0.25, 0.3) is 11.7 Å². The van der Waals surface area contributed by atoms with Gasteiger partial charge in [-0.1, -0.05) is 5.16 Å². The minimum Gasteiger partial charge on any atom is -0.392 e. The number of aromatic nitrogens is 2. The maximum absolute atomic E-state index is 11.4. The summed E-state index contributed by atoms with van der Waals surface area (Å²) in [7, 11) is 0. The Balaban J connectivity index is 2.04. The summed E-state index contributed by atoms with van der Waals surface area (Å²) in [6.07, 6.45) is 0.127. The molecule has 0 spiro atoms. The highest BCUT2D eigenvalue weighted by Crippen LogP contribution is 2.21. The molecule has 0 bridgehead atoms. The van der Waals surface area contributed by atoms with Crippen LogP contribution in [0.15, 0.2) is 4.52 Å². The number of carbonyl (C=O) groups excluding carboxylic acids is 1. The molecule has 16 heavy (non-hydrogen) atoms. The second-order valence-electron chi connectivity index (χ2n) is 3.67. The number of aliphatic hydroxyl groups is 1. The van der Waals surface area contributed by atoms with Crippen molar-refractivity contribution in [3.05, 3.63) is 11.7 Å². The van der Waals surface area contributed by atoms with Gasteiger partial charge in [0.2, 0.25) is 5.89 Å². The molecule has 0 unspecified atom stereocenters. The summed E-state index contributed by atoms with van der Waals surface area (Å²) < 4.78 is 4.97. The number of nitrogens with one attached hydrogen (secondary N) is 2. The van der Waals surface area contributed by atoms with Crippen LogP contribution >= 0.6 is 0 Å². The molecule has 1 fully saturated rings. The van der Waals surface area contributed by atoms with Gasteiger partial charge in [0.15, 0.2) is 0 Å². The number of aliphatic hydroxyl groups excluding tert-OH is 1. The largest absolute Gasteiger partial charge is 0.392 e. The smallest absolute Gasteiger partial charge is 0.292 e. The van der Waals surface area contributed by atoms with Crippen LogP contribution in [-0.2, 0) is 0 Å². The zero-order valence-electron chi connectivity index (χ0n) is 8.93. The van der Waals surface area contributed by atoms with Crippen LogP contribution in [0, 0.1) is 0 Å². The molecule has 1 saturated heterocycles. The molecule has 1 aliphatic heterocycles. The minimum atomic E-state index is -0.398.